The average molecular weight is 409 g/mol. The molecule has 2 aromatic heterocycles. The Labute approximate surface area is 174 Å². The van der Waals surface area contributed by atoms with E-state index in [0.29, 0.717) is 6.54 Å². The molecule has 6 nitrogen and oxygen atoms in total. The van der Waals surface area contributed by atoms with Crippen molar-refractivity contribution >= 4 is 17.2 Å². The molecule has 0 N–H and O–H groups in total. The van der Waals surface area contributed by atoms with Crippen LogP contribution in [0.2, 0.25) is 0 Å². The summed E-state index contributed by atoms with van der Waals surface area (Å²) in [6.45, 7) is 5.24. The Bertz CT molecular complexity index is 1030. The molecule has 0 bridgehead atoms. The van der Waals surface area contributed by atoms with Gasteiger partial charge in [0.05, 0.1) is 36.4 Å². The van der Waals surface area contributed by atoms with Crippen LogP contribution >= 0.6 is 11.3 Å². The molecule has 1 fully saturated rings. The Morgan fingerprint density at radius 3 is 2.66 bits per heavy atom. The summed E-state index contributed by atoms with van der Waals surface area (Å²) in [6, 6.07) is 12.6. The predicted molar refractivity (Wildman–Crippen MR) is 112 cm³/mol. The number of methoxy groups -OCH3 is 1. The normalized spacial score (nSPS) is 21.3. The molecule has 0 aliphatic carbocycles. The second-order valence-electron chi connectivity index (χ2n) is 7.77. The van der Waals surface area contributed by atoms with Crippen LogP contribution in [-0.4, -0.2) is 51.5 Å². The second-order valence-corrected chi connectivity index (χ2v) is 8.83. The fourth-order valence-corrected chi connectivity index (χ4v) is 5.16. The number of ether oxygens (including phenoxy) is 1. The van der Waals surface area contributed by atoms with Gasteiger partial charge < -0.3 is 14.2 Å². The average Bonchev–Trinajstić information content (AvgIpc) is 3.45. The van der Waals surface area contributed by atoms with Gasteiger partial charge in [-0.15, -0.1) is 11.3 Å². The molecule has 0 saturated carbocycles. The first-order chi connectivity index (χ1) is 14.1. The van der Waals surface area contributed by atoms with Crippen LogP contribution in [0.4, 0.5) is 0 Å². The lowest BCUT2D eigenvalue weighted by Crippen LogP contribution is -2.49. The molecule has 0 spiro atoms. The third-order valence-corrected chi connectivity index (χ3v) is 6.74. The molecule has 2 aliphatic rings. The topological polar surface area (TPSA) is 50.6 Å². The number of hydrogen-bond donors (Lipinski definition) is 0. The van der Waals surface area contributed by atoms with Crippen LogP contribution in [0.3, 0.4) is 0 Å². The van der Waals surface area contributed by atoms with E-state index in [1.54, 1.807) is 18.4 Å². The van der Waals surface area contributed by atoms with Gasteiger partial charge >= 0.3 is 0 Å². The Hall–Kier alpha value is -2.64. The van der Waals surface area contributed by atoms with Gasteiger partial charge in [0, 0.05) is 31.2 Å². The Morgan fingerprint density at radius 1 is 1.14 bits per heavy atom. The molecule has 29 heavy (non-hydrogen) atoms. The number of thiazole rings is 1. The molecule has 5 rings (SSSR count). The smallest absolute Gasteiger partial charge is 0.271 e. The highest BCUT2D eigenvalue weighted by Gasteiger charge is 2.44. The number of aryl methyl sites for hydroxylation is 1. The number of hydrogen-bond acceptors (Lipinski definition) is 5. The van der Waals surface area contributed by atoms with Crippen molar-refractivity contribution in [1.29, 1.82) is 0 Å². The van der Waals surface area contributed by atoms with Gasteiger partial charge in [0.1, 0.15) is 11.4 Å². The van der Waals surface area contributed by atoms with Crippen molar-refractivity contribution < 1.29 is 9.53 Å². The van der Waals surface area contributed by atoms with E-state index in [1.807, 2.05) is 42.3 Å². The van der Waals surface area contributed by atoms with Gasteiger partial charge in [-0.2, -0.15) is 0 Å². The quantitative estimate of drug-likeness (QED) is 0.650. The van der Waals surface area contributed by atoms with Crippen LogP contribution in [0.15, 0.2) is 48.0 Å². The van der Waals surface area contributed by atoms with Crippen molar-refractivity contribution in [2.24, 2.45) is 0 Å². The first-order valence-corrected chi connectivity index (χ1v) is 10.7. The first-order valence-electron chi connectivity index (χ1n) is 9.86. The Morgan fingerprint density at radius 2 is 1.93 bits per heavy atom. The highest BCUT2D eigenvalue weighted by Crippen LogP contribution is 2.35. The molecular weight excluding hydrogens is 384 g/mol. The minimum absolute atomic E-state index is 0.105. The molecule has 1 amide bonds. The van der Waals surface area contributed by atoms with Crippen molar-refractivity contribution in [1.82, 2.24) is 19.4 Å². The van der Waals surface area contributed by atoms with Gasteiger partial charge in [0.25, 0.3) is 5.91 Å². The Kier molecular flexibility index (Phi) is 4.64. The van der Waals surface area contributed by atoms with Gasteiger partial charge in [0.2, 0.25) is 0 Å². The maximum absolute atomic E-state index is 13.2. The van der Waals surface area contributed by atoms with E-state index >= 15 is 0 Å². The third-order valence-electron chi connectivity index (χ3n) is 5.92. The summed E-state index contributed by atoms with van der Waals surface area (Å²) in [5, 5.41) is 3.10. The zero-order valence-electron chi connectivity index (χ0n) is 16.6. The highest BCUT2D eigenvalue weighted by molar-refractivity contribution is 7.09. The molecule has 4 heterocycles. The maximum Gasteiger partial charge on any atom is 0.271 e. The standard InChI is InChI=1S/C22H24N4O2S/c1-15-23-17(14-29-15)11-26-21-13-24(10-16-5-7-18(28-2)8-6-16)12-20(21)25-9-3-4-19(25)22(26)27/h3-9,14,20-21H,10-13H2,1-2H3. The van der Waals surface area contributed by atoms with Crippen molar-refractivity contribution in [2.45, 2.75) is 32.1 Å². The minimum atomic E-state index is 0.105. The summed E-state index contributed by atoms with van der Waals surface area (Å²) < 4.78 is 7.43. The van der Waals surface area contributed by atoms with E-state index in [4.69, 9.17) is 4.74 Å². The monoisotopic (exact) mass is 408 g/mol. The lowest BCUT2D eigenvalue weighted by molar-refractivity contribution is 0.0553. The van der Waals surface area contributed by atoms with Crippen LogP contribution < -0.4 is 4.74 Å². The second kappa shape index (κ2) is 7.31. The zero-order valence-corrected chi connectivity index (χ0v) is 17.4. The molecule has 2 unspecified atom stereocenters. The summed E-state index contributed by atoms with van der Waals surface area (Å²) in [4.78, 5) is 22.3. The van der Waals surface area contributed by atoms with Gasteiger partial charge in [-0.25, -0.2) is 4.98 Å². The van der Waals surface area contributed by atoms with E-state index in [1.165, 1.54) is 5.56 Å². The number of nitrogens with zero attached hydrogens (tertiary/aromatic N) is 4. The van der Waals surface area contributed by atoms with Gasteiger partial charge in [0.15, 0.2) is 0 Å². The number of amides is 1. The number of aromatic nitrogens is 2. The van der Waals surface area contributed by atoms with E-state index in [-0.39, 0.29) is 18.0 Å². The number of rotatable bonds is 5. The molecule has 150 valence electrons. The summed E-state index contributed by atoms with van der Waals surface area (Å²) in [7, 11) is 1.68. The van der Waals surface area contributed by atoms with Crippen LogP contribution in [0.5, 0.6) is 5.75 Å². The number of likely N-dealkylation sites (tertiary alicyclic amines) is 1. The summed E-state index contributed by atoms with van der Waals surface area (Å²) in [6.07, 6.45) is 2.05. The highest BCUT2D eigenvalue weighted by atomic mass is 32.1. The molecule has 1 saturated heterocycles. The van der Waals surface area contributed by atoms with Gasteiger partial charge in [-0.05, 0) is 36.8 Å². The predicted octanol–water partition coefficient (Wildman–Crippen LogP) is 3.34. The van der Waals surface area contributed by atoms with Crippen LogP contribution in [0.1, 0.15) is 32.8 Å². The van der Waals surface area contributed by atoms with Crippen LogP contribution in [0, 0.1) is 6.92 Å². The van der Waals surface area contributed by atoms with Crippen molar-refractivity contribution in [3.05, 3.63) is 69.9 Å². The molecule has 0 radical (unpaired) electrons. The summed E-state index contributed by atoms with van der Waals surface area (Å²) in [5.74, 6) is 0.976. The minimum Gasteiger partial charge on any atom is -0.497 e. The molecule has 2 atom stereocenters. The number of carbonyl (C=O) groups is 1. The third kappa shape index (κ3) is 3.34. The maximum atomic E-state index is 13.2. The van der Waals surface area contributed by atoms with Crippen LogP contribution in [0.25, 0.3) is 0 Å². The van der Waals surface area contributed by atoms with Gasteiger partial charge in [-0.1, -0.05) is 12.1 Å². The van der Waals surface area contributed by atoms with E-state index in [2.05, 4.69) is 32.0 Å². The molecule has 1 aromatic carbocycles. The van der Waals surface area contributed by atoms with Gasteiger partial charge in [-0.3, -0.25) is 9.69 Å². The molecule has 2 aliphatic heterocycles. The summed E-state index contributed by atoms with van der Waals surface area (Å²) >= 11 is 1.64. The molecule has 7 heteroatoms. The van der Waals surface area contributed by atoms with Crippen molar-refractivity contribution in [2.75, 3.05) is 20.2 Å². The number of benzene rings is 1. The lowest BCUT2D eigenvalue weighted by atomic mass is 10.1. The fourth-order valence-electron chi connectivity index (χ4n) is 4.55. The van der Waals surface area contributed by atoms with E-state index in [0.717, 1.165) is 41.8 Å². The fraction of sp³-hybridized carbons (Fsp3) is 0.364. The first kappa shape index (κ1) is 18.4. The Balaban J connectivity index is 1.39. The van der Waals surface area contributed by atoms with E-state index in [9.17, 15) is 4.79 Å². The SMILES string of the molecule is COc1ccc(CN2CC3C(C2)n2cccc2C(=O)N3Cc2csc(C)n2)cc1. The molecular formula is C22H24N4O2S. The largest absolute Gasteiger partial charge is 0.497 e. The zero-order chi connectivity index (χ0) is 20.0. The molecule has 3 aromatic rings. The summed E-state index contributed by atoms with van der Waals surface area (Å²) in [5.41, 5.74) is 3.02. The van der Waals surface area contributed by atoms with Crippen molar-refractivity contribution in [3.63, 3.8) is 0 Å². The lowest BCUT2D eigenvalue weighted by Gasteiger charge is -2.38. The number of carbonyl (C=O) groups excluding carboxylic acids is 1. The van der Waals surface area contributed by atoms with Crippen LogP contribution in [-0.2, 0) is 13.1 Å². The number of fused-ring (bicyclic) bond motifs is 3. The van der Waals surface area contributed by atoms with Crippen molar-refractivity contribution in [3.8, 4) is 5.75 Å². The van der Waals surface area contributed by atoms with E-state index < -0.39 is 0 Å².